The molecule has 4 atom stereocenters. The second kappa shape index (κ2) is 7.11. The summed E-state index contributed by atoms with van der Waals surface area (Å²) in [5, 5.41) is 3.29. The maximum absolute atomic E-state index is 14.0. The Morgan fingerprint density at radius 2 is 2.05 bits per heavy atom. The van der Waals surface area contributed by atoms with Crippen molar-refractivity contribution in [3.05, 3.63) is 10.4 Å². The molecule has 21 heavy (non-hydrogen) atoms. The first kappa shape index (κ1) is 18.5. The molecule has 1 heterocycles. The van der Waals surface area contributed by atoms with Gasteiger partial charge in [0.2, 0.25) is 0 Å². The Balaban J connectivity index is 2.65. The number of halogens is 1. The van der Waals surface area contributed by atoms with Crippen molar-refractivity contribution in [3.8, 4) is 0 Å². The molecular formula is C12H23BFN3O3Si. The first-order valence-corrected chi connectivity index (χ1v) is 9.82. The fourth-order valence-corrected chi connectivity index (χ4v) is 2.75. The van der Waals surface area contributed by atoms with Gasteiger partial charge in [-0.05, 0) is 23.7 Å². The minimum absolute atomic E-state index is 0.0459. The van der Waals surface area contributed by atoms with E-state index in [1.165, 1.54) is 0 Å². The van der Waals surface area contributed by atoms with Crippen LogP contribution in [0.25, 0.3) is 10.4 Å². The fourth-order valence-electron chi connectivity index (χ4n) is 1.73. The van der Waals surface area contributed by atoms with Crippen molar-refractivity contribution in [1.82, 2.24) is 0 Å². The van der Waals surface area contributed by atoms with Crippen molar-refractivity contribution in [2.24, 2.45) is 5.11 Å². The number of azide groups is 1. The van der Waals surface area contributed by atoms with Crippen molar-refractivity contribution in [2.45, 2.75) is 63.3 Å². The molecule has 0 aromatic carbocycles. The molecule has 2 radical (unpaired) electrons. The van der Waals surface area contributed by atoms with Crippen LogP contribution in [0.2, 0.25) is 18.1 Å². The molecule has 2 unspecified atom stereocenters. The molecule has 1 saturated heterocycles. The summed E-state index contributed by atoms with van der Waals surface area (Å²) in [7, 11) is 3.60. The lowest BCUT2D eigenvalue weighted by molar-refractivity contribution is -0.0399. The lowest BCUT2D eigenvalue weighted by Gasteiger charge is -2.37. The molecule has 118 valence electrons. The van der Waals surface area contributed by atoms with E-state index in [0.717, 1.165) is 0 Å². The highest BCUT2D eigenvalue weighted by Gasteiger charge is 2.45. The average molecular weight is 315 g/mol. The van der Waals surface area contributed by atoms with Gasteiger partial charge in [-0.1, -0.05) is 25.9 Å². The predicted molar refractivity (Wildman–Crippen MR) is 81.3 cm³/mol. The van der Waals surface area contributed by atoms with Crippen LogP contribution in [0.5, 0.6) is 0 Å². The molecule has 0 aliphatic carbocycles. The lowest BCUT2D eigenvalue weighted by Crippen LogP contribution is -2.44. The Morgan fingerprint density at radius 3 is 2.57 bits per heavy atom. The summed E-state index contributed by atoms with van der Waals surface area (Å²) in [5.41, 5.74) is 8.23. The molecule has 1 rings (SSSR count). The van der Waals surface area contributed by atoms with Crippen molar-refractivity contribution in [3.63, 3.8) is 0 Å². The van der Waals surface area contributed by atoms with Gasteiger partial charge in [0.15, 0.2) is 8.32 Å². The summed E-state index contributed by atoms with van der Waals surface area (Å²) in [5.74, 6) is 0. The topological polar surface area (TPSA) is 76.5 Å². The maximum atomic E-state index is 14.0. The quantitative estimate of drug-likeness (QED) is 0.327. The van der Waals surface area contributed by atoms with E-state index in [9.17, 15) is 4.39 Å². The summed E-state index contributed by atoms with van der Waals surface area (Å²) in [4.78, 5) is 2.56. The Bertz CT molecular complexity index is 402. The normalized spacial score (nSPS) is 30.2. The van der Waals surface area contributed by atoms with Gasteiger partial charge in [-0.3, -0.25) is 0 Å². The van der Waals surface area contributed by atoms with Crippen LogP contribution >= 0.6 is 0 Å². The standard InChI is InChI=1S/C12H23BFN3O3Si/c1-12(2,3)21(4,5)19-6-8-10(18-7-16-17-15)9(14)11(13)20-8/h8-11H,6-7H2,1-5H3/t8-,9?,10?,11-/m1/s1. The number of rotatable bonds is 6. The Kier molecular flexibility index (Phi) is 6.25. The predicted octanol–water partition coefficient (Wildman–Crippen LogP) is 2.89. The summed E-state index contributed by atoms with van der Waals surface area (Å²) in [6.07, 6.45) is -2.94. The van der Waals surface area contributed by atoms with E-state index in [1.54, 1.807) is 0 Å². The van der Waals surface area contributed by atoms with E-state index in [4.69, 9.17) is 27.3 Å². The van der Waals surface area contributed by atoms with Crippen molar-refractivity contribution >= 4 is 16.2 Å². The van der Waals surface area contributed by atoms with Gasteiger partial charge in [-0.2, -0.15) is 0 Å². The molecule has 0 saturated carbocycles. The minimum Gasteiger partial charge on any atom is -0.414 e. The maximum Gasteiger partial charge on any atom is 0.192 e. The summed E-state index contributed by atoms with van der Waals surface area (Å²) in [6, 6.07) is -1.05. The molecule has 0 bridgehead atoms. The Hall–Kier alpha value is -0.598. The van der Waals surface area contributed by atoms with Gasteiger partial charge in [-0.15, -0.1) is 0 Å². The van der Waals surface area contributed by atoms with Gasteiger partial charge in [0, 0.05) is 4.91 Å². The van der Waals surface area contributed by atoms with E-state index in [-0.39, 0.29) is 18.4 Å². The molecule has 0 N–H and O–H groups in total. The van der Waals surface area contributed by atoms with Crippen LogP contribution < -0.4 is 0 Å². The molecule has 1 aliphatic heterocycles. The second-order valence-corrected chi connectivity index (χ2v) is 11.5. The van der Waals surface area contributed by atoms with Crippen LogP contribution in [0.4, 0.5) is 4.39 Å². The molecule has 0 spiro atoms. The van der Waals surface area contributed by atoms with Gasteiger partial charge in [0.1, 0.15) is 33.0 Å². The Morgan fingerprint density at radius 1 is 1.43 bits per heavy atom. The highest BCUT2D eigenvalue weighted by Crippen LogP contribution is 2.37. The molecule has 9 heteroatoms. The molecule has 0 aromatic heterocycles. The van der Waals surface area contributed by atoms with E-state index in [0.29, 0.717) is 0 Å². The van der Waals surface area contributed by atoms with E-state index < -0.39 is 32.7 Å². The van der Waals surface area contributed by atoms with Crippen LogP contribution in [-0.4, -0.2) is 53.9 Å². The zero-order chi connectivity index (χ0) is 16.3. The number of hydrogen-bond donors (Lipinski definition) is 0. The van der Waals surface area contributed by atoms with Crippen molar-refractivity contribution in [2.75, 3.05) is 13.3 Å². The number of ether oxygens (including phenoxy) is 2. The Labute approximate surface area is 127 Å². The average Bonchev–Trinajstić information content (AvgIpc) is 2.63. The van der Waals surface area contributed by atoms with E-state index in [2.05, 4.69) is 43.9 Å². The molecule has 0 aromatic rings. The number of hydrogen-bond acceptors (Lipinski definition) is 4. The molecule has 1 aliphatic rings. The first-order chi connectivity index (χ1) is 9.60. The fraction of sp³-hybridized carbons (Fsp3) is 1.00. The third kappa shape index (κ3) is 4.69. The summed E-state index contributed by atoms with van der Waals surface area (Å²) >= 11 is 0. The zero-order valence-corrected chi connectivity index (χ0v) is 14.2. The minimum atomic E-state index is -1.96. The van der Waals surface area contributed by atoms with Crippen molar-refractivity contribution < 1.29 is 18.3 Å². The third-order valence-corrected chi connectivity index (χ3v) is 8.63. The number of alkyl halides is 1. The molecule has 0 amide bonds. The van der Waals surface area contributed by atoms with Crippen LogP contribution in [0.3, 0.4) is 0 Å². The largest absolute Gasteiger partial charge is 0.414 e. The van der Waals surface area contributed by atoms with Gasteiger partial charge in [0.25, 0.3) is 0 Å². The number of nitrogens with zero attached hydrogens (tertiary/aromatic N) is 3. The van der Waals surface area contributed by atoms with Crippen LogP contribution in [0, 0.1) is 0 Å². The van der Waals surface area contributed by atoms with Crippen LogP contribution in [0.15, 0.2) is 5.11 Å². The van der Waals surface area contributed by atoms with Gasteiger partial charge in [0.05, 0.1) is 12.6 Å². The smallest absolute Gasteiger partial charge is 0.192 e. The summed E-state index contributed by atoms with van der Waals surface area (Å²) < 4.78 is 30.6. The zero-order valence-electron chi connectivity index (χ0n) is 13.2. The van der Waals surface area contributed by atoms with Crippen molar-refractivity contribution in [1.29, 1.82) is 0 Å². The van der Waals surface area contributed by atoms with Gasteiger partial charge in [-0.25, -0.2) is 4.39 Å². The highest BCUT2D eigenvalue weighted by molar-refractivity contribution is 6.74. The second-order valence-electron chi connectivity index (χ2n) is 6.65. The summed E-state index contributed by atoms with van der Waals surface area (Å²) in [6.45, 7) is 10.5. The van der Waals surface area contributed by atoms with Crippen LogP contribution in [-0.2, 0) is 13.9 Å². The van der Waals surface area contributed by atoms with E-state index in [1.807, 2.05) is 0 Å². The third-order valence-electron chi connectivity index (χ3n) is 4.13. The molecule has 1 fully saturated rings. The van der Waals surface area contributed by atoms with Gasteiger partial charge < -0.3 is 13.9 Å². The van der Waals surface area contributed by atoms with E-state index >= 15 is 0 Å². The lowest BCUT2D eigenvalue weighted by atomic mass is 9.94. The highest BCUT2D eigenvalue weighted by atomic mass is 28.4. The monoisotopic (exact) mass is 315 g/mol. The SMILES string of the molecule is [B][C@@H]1O[C@H](CO[Si](C)(C)C(C)(C)C)C(OCN=[N+]=[N-])C1F. The van der Waals surface area contributed by atoms with Crippen LogP contribution in [0.1, 0.15) is 20.8 Å². The van der Waals surface area contributed by atoms with Gasteiger partial charge >= 0.3 is 0 Å². The first-order valence-electron chi connectivity index (χ1n) is 6.91. The molecular weight excluding hydrogens is 292 g/mol. The molecule has 6 nitrogen and oxygen atoms in total.